The van der Waals surface area contributed by atoms with Crippen LogP contribution >= 0.6 is 0 Å². The molecule has 7 nitrogen and oxygen atoms in total. The molecule has 2 saturated heterocycles. The van der Waals surface area contributed by atoms with Gasteiger partial charge in [-0.2, -0.15) is 5.10 Å². The number of ether oxygens (including phenoxy) is 2. The number of amides is 1. The first-order chi connectivity index (χ1) is 14.5. The maximum absolute atomic E-state index is 13.0. The normalized spacial score (nSPS) is 21.2. The lowest BCUT2D eigenvalue weighted by molar-refractivity contribution is -0.155. The van der Waals surface area contributed by atoms with Crippen molar-refractivity contribution in [1.29, 1.82) is 0 Å². The van der Waals surface area contributed by atoms with Gasteiger partial charge in [0.15, 0.2) is 0 Å². The zero-order valence-corrected chi connectivity index (χ0v) is 17.6. The van der Waals surface area contributed by atoms with Crippen LogP contribution in [0.15, 0.2) is 24.3 Å². The number of hydrogen-bond donors (Lipinski definition) is 1. The number of carbonyl (C=O) groups is 1. The van der Waals surface area contributed by atoms with Crippen LogP contribution in [0.1, 0.15) is 29.8 Å². The Balaban J connectivity index is 1.28. The molecule has 2 aromatic rings. The van der Waals surface area contributed by atoms with Crippen molar-refractivity contribution in [2.75, 3.05) is 32.8 Å². The smallest absolute Gasteiger partial charge is 0.248 e. The Labute approximate surface area is 176 Å². The molecule has 0 spiro atoms. The number of nitrogens with zero attached hydrogens (tertiary/aromatic N) is 3. The van der Waals surface area contributed by atoms with Crippen LogP contribution in [0.4, 0.5) is 4.39 Å². The number of aromatic nitrogens is 2. The number of hydrogen-bond acceptors (Lipinski definition) is 5. The van der Waals surface area contributed by atoms with Crippen LogP contribution in [-0.2, 0) is 16.1 Å². The van der Waals surface area contributed by atoms with Crippen LogP contribution in [0.2, 0.25) is 0 Å². The molecule has 2 aliphatic heterocycles. The lowest BCUT2D eigenvalue weighted by atomic mass is 10.0. The summed E-state index contributed by atoms with van der Waals surface area (Å²) in [6.07, 6.45) is 1.72. The molecule has 4 rings (SSSR count). The van der Waals surface area contributed by atoms with Gasteiger partial charge in [0, 0.05) is 36.9 Å². The number of aryl methyl sites for hydroxylation is 2. The molecule has 1 aromatic heterocycles. The number of H-pyrrole nitrogens is 1. The molecule has 2 fully saturated rings. The molecule has 0 radical (unpaired) electrons. The minimum Gasteiger partial charge on any atom is -0.491 e. The van der Waals surface area contributed by atoms with Crippen molar-refractivity contribution in [2.24, 2.45) is 0 Å². The summed E-state index contributed by atoms with van der Waals surface area (Å²) < 4.78 is 24.4. The first kappa shape index (κ1) is 20.8. The molecule has 0 saturated carbocycles. The highest BCUT2D eigenvalue weighted by Crippen LogP contribution is 2.23. The van der Waals surface area contributed by atoms with E-state index in [1.807, 2.05) is 11.8 Å². The van der Waals surface area contributed by atoms with Gasteiger partial charge in [-0.3, -0.25) is 14.8 Å². The standard InChI is InChI=1S/C22H29FN4O3/c1-15-21(16(2)25-24-15)12-26-9-7-18(8-10-26)27-11-20(30-14-22(27)28)13-29-19-5-3-17(23)4-6-19/h3-6,18,20H,7-14H2,1-2H3,(H,24,25). The number of morpholine rings is 1. The molecule has 1 aromatic carbocycles. The third-order valence-corrected chi connectivity index (χ3v) is 6.07. The number of nitrogens with one attached hydrogen (secondary N) is 1. The Morgan fingerprint density at radius 3 is 2.63 bits per heavy atom. The third kappa shape index (κ3) is 4.82. The van der Waals surface area contributed by atoms with Gasteiger partial charge in [-0.05, 0) is 51.0 Å². The second-order valence-electron chi connectivity index (χ2n) is 8.16. The molecule has 1 N–H and O–H groups in total. The minimum atomic E-state index is -0.294. The van der Waals surface area contributed by atoms with E-state index < -0.39 is 0 Å². The van der Waals surface area contributed by atoms with Crippen molar-refractivity contribution in [1.82, 2.24) is 20.0 Å². The number of aromatic amines is 1. The summed E-state index contributed by atoms with van der Waals surface area (Å²) in [5, 5.41) is 7.33. The monoisotopic (exact) mass is 416 g/mol. The molecule has 0 aliphatic carbocycles. The van der Waals surface area contributed by atoms with E-state index in [0.717, 1.165) is 43.9 Å². The van der Waals surface area contributed by atoms with Crippen LogP contribution in [0.5, 0.6) is 5.75 Å². The summed E-state index contributed by atoms with van der Waals surface area (Å²) in [6, 6.07) is 6.17. The van der Waals surface area contributed by atoms with E-state index in [4.69, 9.17) is 9.47 Å². The van der Waals surface area contributed by atoms with Crippen LogP contribution in [-0.4, -0.2) is 70.9 Å². The maximum atomic E-state index is 13.0. The van der Waals surface area contributed by atoms with E-state index >= 15 is 0 Å². The summed E-state index contributed by atoms with van der Waals surface area (Å²) in [5.41, 5.74) is 3.46. The average Bonchev–Trinajstić information content (AvgIpc) is 3.07. The van der Waals surface area contributed by atoms with Gasteiger partial charge in [0.1, 0.15) is 30.9 Å². The Hall–Kier alpha value is -2.45. The third-order valence-electron chi connectivity index (χ3n) is 6.07. The van der Waals surface area contributed by atoms with Gasteiger partial charge < -0.3 is 14.4 Å². The Morgan fingerprint density at radius 2 is 1.97 bits per heavy atom. The van der Waals surface area contributed by atoms with Crippen molar-refractivity contribution >= 4 is 5.91 Å². The number of likely N-dealkylation sites (tertiary alicyclic amines) is 1. The second-order valence-corrected chi connectivity index (χ2v) is 8.16. The zero-order valence-electron chi connectivity index (χ0n) is 17.6. The van der Waals surface area contributed by atoms with E-state index in [2.05, 4.69) is 22.0 Å². The number of piperidine rings is 1. The summed E-state index contributed by atoms with van der Waals surface area (Å²) >= 11 is 0. The highest BCUT2D eigenvalue weighted by molar-refractivity contribution is 5.78. The predicted molar refractivity (Wildman–Crippen MR) is 110 cm³/mol. The van der Waals surface area contributed by atoms with E-state index in [9.17, 15) is 9.18 Å². The largest absolute Gasteiger partial charge is 0.491 e. The van der Waals surface area contributed by atoms with E-state index in [0.29, 0.717) is 18.9 Å². The van der Waals surface area contributed by atoms with E-state index in [1.165, 1.54) is 17.7 Å². The first-order valence-electron chi connectivity index (χ1n) is 10.5. The van der Waals surface area contributed by atoms with Gasteiger partial charge in [-0.15, -0.1) is 0 Å². The highest BCUT2D eigenvalue weighted by atomic mass is 19.1. The maximum Gasteiger partial charge on any atom is 0.248 e. The summed E-state index contributed by atoms with van der Waals surface area (Å²) in [4.78, 5) is 16.9. The average molecular weight is 416 g/mol. The van der Waals surface area contributed by atoms with Gasteiger partial charge in [0.25, 0.3) is 0 Å². The molecule has 1 unspecified atom stereocenters. The van der Waals surface area contributed by atoms with Crippen LogP contribution in [0, 0.1) is 19.7 Å². The summed E-state index contributed by atoms with van der Waals surface area (Å²) in [6.45, 7) is 7.86. The molecule has 2 aliphatic rings. The van der Waals surface area contributed by atoms with Crippen LogP contribution in [0.25, 0.3) is 0 Å². The van der Waals surface area contributed by atoms with Crippen molar-refractivity contribution in [3.8, 4) is 5.75 Å². The molecule has 30 heavy (non-hydrogen) atoms. The lowest BCUT2D eigenvalue weighted by Crippen LogP contribution is -2.55. The fourth-order valence-corrected chi connectivity index (χ4v) is 4.24. The van der Waals surface area contributed by atoms with Gasteiger partial charge in [-0.25, -0.2) is 4.39 Å². The molecule has 3 heterocycles. The first-order valence-corrected chi connectivity index (χ1v) is 10.5. The van der Waals surface area contributed by atoms with Crippen molar-refractivity contribution in [2.45, 2.75) is 45.4 Å². The second kappa shape index (κ2) is 9.14. The number of carbonyl (C=O) groups excluding carboxylic acids is 1. The van der Waals surface area contributed by atoms with Crippen molar-refractivity contribution < 1.29 is 18.7 Å². The van der Waals surface area contributed by atoms with Gasteiger partial charge in [0.2, 0.25) is 5.91 Å². The summed E-state index contributed by atoms with van der Waals surface area (Å²) in [7, 11) is 0. The molecule has 162 valence electrons. The van der Waals surface area contributed by atoms with E-state index in [1.54, 1.807) is 12.1 Å². The minimum absolute atomic E-state index is 0.0491. The Kier molecular flexibility index (Phi) is 6.34. The predicted octanol–water partition coefficient (Wildman–Crippen LogP) is 2.44. The zero-order chi connectivity index (χ0) is 21.1. The molecular formula is C22H29FN4O3. The molecule has 8 heteroatoms. The molecular weight excluding hydrogens is 387 g/mol. The van der Waals surface area contributed by atoms with Crippen LogP contribution in [0.3, 0.4) is 0 Å². The Bertz CT molecular complexity index is 842. The highest BCUT2D eigenvalue weighted by Gasteiger charge is 2.34. The Morgan fingerprint density at radius 1 is 1.23 bits per heavy atom. The van der Waals surface area contributed by atoms with Crippen molar-refractivity contribution in [3.63, 3.8) is 0 Å². The van der Waals surface area contributed by atoms with Crippen molar-refractivity contribution in [3.05, 3.63) is 47.0 Å². The van der Waals surface area contributed by atoms with Gasteiger partial charge >= 0.3 is 0 Å². The fraction of sp³-hybridized carbons (Fsp3) is 0.545. The summed E-state index contributed by atoms with van der Waals surface area (Å²) in [5.74, 6) is 0.354. The number of halogens is 1. The lowest BCUT2D eigenvalue weighted by Gasteiger charge is -2.42. The molecule has 1 amide bonds. The van der Waals surface area contributed by atoms with Gasteiger partial charge in [0.05, 0.1) is 12.2 Å². The van der Waals surface area contributed by atoms with Gasteiger partial charge in [-0.1, -0.05) is 0 Å². The quantitative estimate of drug-likeness (QED) is 0.783. The SMILES string of the molecule is Cc1n[nH]c(C)c1CN1CCC(N2CC(COc3ccc(F)cc3)OCC2=O)CC1. The molecule has 1 atom stereocenters. The van der Waals surface area contributed by atoms with E-state index in [-0.39, 0.29) is 30.5 Å². The van der Waals surface area contributed by atoms with Crippen LogP contribution < -0.4 is 4.74 Å². The molecule has 0 bridgehead atoms. The number of benzene rings is 1. The number of rotatable bonds is 6. The fourth-order valence-electron chi connectivity index (χ4n) is 4.24. The topological polar surface area (TPSA) is 70.7 Å².